The molecule has 1 aromatic carbocycles. The molecule has 16 heavy (non-hydrogen) atoms. The van der Waals surface area contributed by atoms with Crippen molar-refractivity contribution in [1.82, 2.24) is 4.72 Å². The van der Waals surface area contributed by atoms with Crippen molar-refractivity contribution < 1.29 is 8.42 Å². The topological polar surface area (TPSA) is 72.2 Å². The molecule has 4 nitrogen and oxygen atoms in total. The Bertz CT molecular complexity index is 486. The number of anilines is 1. The molecule has 1 rings (SSSR count). The van der Waals surface area contributed by atoms with E-state index in [1.807, 2.05) is 0 Å². The predicted octanol–water partition coefficient (Wildman–Crippen LogP) is 1.78. The molecule has 88 valence electrons. The maximum Gasteiger partial charge on any atom is 0.242 e. The van der Waals surface area contributed by atoms with Crippen LogP contribution in [0.25, 0.3) is 0 Å². The van der Waals surface area contributed by atoms with E-state index in [1.165, 1.54) is 12.1 Å². The molecule has 0 fully saturated rings. The highest BCUT2D eigenvalue weighted by atomic mass is 35.5. The van der Waals surface area contributed by atoms with E-state index in [1.54, 1.807) is 12.1 Å². The molecule has 0 heterocycles. The highest BCUT2D eigenvalue weighted by Gasteiger charge is 2.17. The van der Waals surface area contributed by atoms with Crippen molar-refractivity contribution in [3.63, 3.8) is 0 Å². The SMILES string of the molecule is C=CCCNS(=O)(=O)c1cc(N)ccc1Cl. The summed E-state index contributed by atoms with van der Waals surface area (Å²) in [5.41, 5.74) is 5.87. The summed E-state index contributed by atoms with van der Waals surface area (Å²) in [7, 11) is -3.60. The third-order valence-electron chi connectivity index (χ3n) is 1.89. The van der Waals surface area contributed by atoms with E-state index in [2.05, 4.69) is 11.3 Å². The van der Waals surface area contributed by atoms with Crippen molar-refractivity contribution in [1.29, 1.82) is 0 Å². The van der Waals surface area contributed by atoms with Gasteiger partial charge in [0.1, 0.15) is 4.90 Å². The molecule has 0 aliphatic rings. The molecule has 0 spiro atoms. The van der Waals surface area contributed by atoms with Crippen LogP contribution in [-0.4, -0.2) is 15.0 Å². The van der Waals surface area contributed by atoms with Gasteiger partial charge < -0.3 is 5.73 Å². The zero-order valence-electron chi connectivity index (χ0n) is 8.61. The molecular weight excluding hydrogens is 248 g/mol. The quantitative estimate of drug-likeness (QED) is 0.482. The Hall–Kier alpha value is -1.04. The number of hydrogen-bond donors (Lipinski definition) is 2. The second-order valence-corrected chi connectivity index (χ2v) is 5.31. The molecule has 1 aromatic rings. The maximum absolute atomic E-state index is 11.8. The number of halogens is 1. The number of rotatable bonds is 5. The maximum atomic E-state index is 11.8. The monoisotopic (exact) mass is 260 g/mol. The molecule has 0 bridgehead atoms. The minimum absolute atomic E-state index is 0.00164. The number of sulfonamides is 1. The molecule has 0 saturated heterocycles. The fourth-order valence-electron chi connectivity index (χ4n) is 1.10. The first kappa shape index (κ1) is 13.0. The summed E-state index contributed by atoms with van der Waals surface area (Å²) in [6, 6.07) is 4.34. The summed E-state index contributed by atoms with van der Waals surface area (Å²) in [6.45, 7) is 3.79. The van der Waals surface area contributed by atoms with Gasteiger partial charge in [-0.15, -0.1) is 6.58 Å². The Morgan fingerprint density at radius 1 is 1.50 bits per heavy atom. The van der Waals surface area contributed by atoms with Crippen molar-refractivity contribution in [3.8, 4) is 0 Å². The lowest BCUT2D eigenvalue weighted by atomic mass is 10.3. The van der Waals surface area contributed by atoms with E-state index in [-0.39, 0.29) is 16.5 Å². The van der Waals surface area contributed by atoms with Gasteiger partial charge in [0.25, 0.3) is 0 Å². The fraction of sp³-hybridized carbons (Fsp3) is 0.200. The number of nitrogens with one attached hydrogen (secondary N) is 1. The number of nitrogens with two attached hydrogens (primary N) is 1. The second kappa shape index (κ2) is 5.34. The average molecular weight is 261 g/mol. The van der Waals surface area contributed by atoms with Gasteiger partial charge in [-0.25, -0.2) is 13.1 Å². The van der Waals surface area contributed by atoms with Crippen molar-refractivity contribution in [3.05, 3.63) is 35.9 Å². The Morgan fingerprint density at radius 2 is 2.19 bits per heavy atom. The summed E-state index contributed by atoms with van der Waals surface area (Å²) >= 11 is 5.80. The van der Waals surface area contributed by atoms with Gasteiger partial charge in [0.05, 0.1) is 5.02 Å². The summed E-state index contributed by atoms with van der Waals surface area (Å²) < 4.78 is 26.0. The van der Waals surface area contributed by atoms with Gasteiger partial charge in [-0.3, -0.25) is 0 Å². The summed E-state index contributed by atoms with van der Waals surface area (Å²) in [4.78, 5) is -0.00164. The van der Waals surface area contributed by atoms with Gasteiger partial charge >= 0.3 is 0 Å². The molecule has 0 aliphatic heterocycles. The molecule has 0 aromatic heterocycles. The van der Waals surface area contributed by atoms with E-state index < -0.39 is 10.0 Å². The van der Waals surface area contributed by atoms with E-state index in [4.69, 9.17) is 17.3 Å². The highest BCUT2D eigenvalue weighted by Crippen LogP contribution is 2.23. The van der Waals surface area contributed by atoms with E-state index in [0.29, 0.717) is 12.1 Å². The minimum Gasteiger partial charge on any atom is -0.399 e. The number of hydrogen-bond acceptors (Lipinski definition) is 3. The van der Waals surface area contributed by atoms with Crippen LogP contribution in [0.1, 0.15) is 6.42 Å². The van der Waals surface area contributed by atoms with Crippen molar-refractivity contribution in [2.24, 2.45) is 0 Å². The van der Waals surface area contributed by atoms with Crippen LogP contribution in [0.4, 0.5) is 5.69 Å². The molecular formula is C10H13ClN2O2S. The van der Waals surface area contributed by atoms with Gasteiger partial charge in [-0.05, 0) is 24.6 Å². The lowest BCUT2D eigenvalue weighted by Gasteiger charge is -2.08. The molecule has 3 N–H and O–H groups in total. The molecule has 0 saturated carbocycles. The summed E-state index contributed by atoms with van der Waals surface area (Å²) in [6.07, 6.45) is 2.18. The van der Waals surface area contributed by atoms with Gasteiger partial charge in [0.15, 0.2) is 0 Å². The first-order chi connectivity index (χ1) is 7.47. The van der Waals surface area contributed by atoms with Crippen molar-refractivity contribution in [2.75, 3.05) is 12.3 Å². The Balaban J connectivity index is 2.97. The van der Waals surface area contributed by atoms with Gasteiger partial charge in [0.2, 0.25) is 10.0 Å². The molecule has 0 atom stereocenters. The standard InChI is InChI=1S/C10H13ClN2O2S/c1-2-3-6-13-16(14,15)10-7-8(12)4-5-9(10)11/h2,4-5,7,13H,1,3,6,12H2. The van der Waals surface area contributed by atoms with Crippen molar-refractivity contribution in [2.45, 2.75) is 11.3 Å². The first-order valence-electron chi connectivity index (χ1n) is 4.63. The minimum atomic E-state index is -3.60. The Morgan fingerprint density at radius 3 is 2.81 bits per heavy atom. The van der Waals surface area contributed by atoms with Crippen LogP contribution in [0.5, 0.6) is 0 Å². The largest absolute Gasteiger partial charge is 0.399 e. The molecule has 0 unspecified atom stereocenters. The predicted molar refractivity (Wildman–Crippen MR) is 65.9 cm³/mol. The zero-order chi connectivity index (χ0) is 12.2. The Kier molecular flexibility index (Phi) is 4.35. The molecule has 6 heteroatoms. The van der Waals surface area contributed by atoms with E-state index >= 15 is 0 Å². The number of nitrogen functional groups attached to an aromatic ring is 1. The van der Waals surface area contributed by atoms with Crippen LogP contribution in [0, 0.1) is 0 Å². The summed E-state index contributed by atoms with van der Waals surface area (Å²) in [5, 5.41) is 0.153. The van der Waals surface area contributed by atoms with Crippen LogP contribution in [0.3, 0.4) is 0 Å². The van der Waals surface area contributed by atoms with Crippen LogP contribution >= 0.6 is 11.6 Å². The van der Waals surface area contributed by atoms with Gasteiger partial charge in [0, 0.05) is 12.2 Å². The second-order valence-electron chi connectivity index (χ2n) is 3.16. The van der Waals surface area contributed by atoms with Crippen LogP contribution < -0.4 is 10.5 Å². The lowest BCUT2D eigenvalue weighted by molar-refractivity contribution is 0.582. The Labute approximate surface area is 100 Å². The van der Waals surface area contributed by atoms with Gasteiger partial charge in [-0.2, -0.15) is 0 Å². The first-order valence-corrected chi connectivity index (χ1v) is 6.49. The van der Waals surface area contributed by atoms with Gasteiger partial charge in [-0.1, -0.05) is 17.7 Å². The average Bonchev–Trinajstić information content (AvgIpc) is 2.22. The van der Waals surface area contributed by atoms with Crippen LogP contribution in [0.2, 0.25) is 5.02 Å². The van der Waals surface area contributed by atoms with E-state index in [9.17, 15) is 8.42 Å². The van der Waals surface area contributed by atoms with Crippen molar-refractivity contribution >= 4 is 27.3 Å². The van der Waals surface area contributed by atoms with Crippen LogP contribution in [0.15, 0.2) is 35.7 Å². The van der Waals surface area contributed by atoms with E-state index in [0.717, 1.165) is 0 Å². The number of benzene rings is 1. The molecule has 0 amide bonds. The smallest absolute Gasteiger partial charge is 0.242 e. The fourth-order valence-corrected chi connectivity index (χ4v) is 2.68. The normalized spacial score (nSPS) is 11.3. The molecule has 0 radical (unpaired) electrons. The lowest BCUT2D eigenvalue weighted by Crippen LogP contribution is -2.24. The summed E-state index contributed by atoms with van der Waals surface area (Å²) in [5.74, 6) is 0. The molecule has 0 aliphatic carbocycles. The zero-order valence-corrected chi connectivity index (χ0v) is 10.2. The highest BCUT2D eigenvalue weighted by molar-refractivity contribution is 7.89. The third-order valence-corrected chi connectivity index (χ3v) is 3.83. The third kappa shape index (κ3) is 3.23. The van der Waals surface area contributed by atoms with Crippen LogP contribution in [-0.2, 0) is 10.0 Å².